The van der Waals surface area contributed by atoms with Crippen LogP contribution < -0.4 is 5.32 Å². The fraction of sp³-hybridized carbons (Fsp3) is 0.294. The van der Waals surface area contributed by atoms with E-state index in [0.29, 0.717) is 6.54 Å². The Bertz CT molecular complexity index is 549. The highest BCUT2D eigenvalue weighted by atomic mass is 19.3. The Morgan fingerprint density at radius 3 is 2.05 bits per heavy atom. The van der Waals surface area contributed by atoms with Crippen molar-refractivity contribution in [3.63, 3.8) is 0 Å². The predicted octanol–water partition coefficient (Wildman–Crippen LogP) is 4.48. The summed E-state index contributed by atoms with van der Waals surface area (Å²) in [5, 5.41) is 3.33. The van der Waals surface area contributed by atoms with Crippen molar-refractivity contribution >= 4 is 0 Å². The summed E-state index contributed by atoms with van der Waals surface area (Å²) in [5.74, 6) is -0.238. The highest BCUT2D eigenvalue weighted by molar-refractivity contribution is 5.23. The van der Waals surface area contributed by atoms with E-state index in [1.165, 1.54) is 24.3 Å². The summed E-state index contributed by atoms with van der Waals surface area (Å²) in [4.78, 5) is 0. The monoisotopic (exact) mass is 293 g/mol. The minimum Gasteiger partial charge on any atom is -0.310 e. The van der Waals surface area contributed by atoms with Crippen LogP contribution in [0.2, 0.25) is 0 Å². The quantitative estimate of drug-likeness (QED) is 0.827. The lowest BCUT2D eigenvalue weighted by atomic mass is 10.1. The number of benzene rings is 2. The molecule has 0 heterocycles. The van der Waals surface area contributed by atoms with E-state index in [4.69, 9.17) is 0 Å². The van der Waals surface area contributed by atoms with Gasteiger partial charge in [0.05, 0.1) is 0 Å². The van der Waals surface area contributed by atoms with Crippen LogP contribution >= 0.6 is 0 Å². The van der Waals surface area contributed by atoms with E-state index in [1.54, 1.807) is 24.3 Å². The van der Waals surface area contributed by atoms with Crippen LogP contribution in [-0.2, 0) is 13.0 Å². The molecule has 1 nitrogen and oxygen atoms in total. The molecule has 0 saturated carbocycles. The van der Waals surface area contributed by atoms with Crippen molar-refractivity contribution < 1.29 is 13.2 Å². The van der Waals surface area contributed by atoms with Gasteiger partial charge in [-0.25, -0.2) is 13.2 Å². The van der Waals surface area contributed by atoms with Crippen LogP contribution in [0.4, 0.5) is 13.2 Å². The summed E-state index contributed by atoms with van der Waals surface area (Å²) in [5.41, 5.74) is 2.06. The first kappa shape index (κ1) is 15.6. The highest BCUT2D eigenvalue weighted by Crippen LogP contribution is 2.18. The molecule has 0 aliphatic carbocycles. The lowest BCUT2D eigenvalue weighted by molar-refractivity contribution is 0.151. The van der Waals surface area contributed by atoms with E-state index >= 15 is 0 Å². The third-order valence-electron chi connectivity index (χ3n) is 3.34. The molecule has 21 heavy (non-hydrogen) atoms. The van der Waals surface area contributed by atoms with Gasteiger partial charge in [0.25, 0.3) is 6.43 Å². The Labute approximate surface area is 122 Å². The summed E-state index contributed by atoms with van der Waals surface area (Å²) in [6, 6.07) is 13.0. The number of rotatable bonds is 6. The molecule has 1 atom stereocenters. The lowest BCUT2D eigenvalue weighted by Crippen LogP contribution is -2.27. The Morgan fingerprint density at radius 2 is 1.48 bits per heavy atom. The molecule has 0 radical (unpaired) electrons. The van der Waals surface area contributed by atoms with Crippen LogP contribution in [0, 0.1) is 5.82 Å². The van der Waals surface area contributed by atoms with Crippen molar-refractivity contribution in [2.24, 2.45) is 0 Å². The predicted molar refractivity (Wildman–Crippen MR) is 77.8 cm³/mol. The van der Waals surface area contributed by atoms with Crippen LogP contribution in [0.25, 0.3) is 0 Å². The lowest BCUT2D eigenvalue weighted by Gasteiger charge is -2.14. The van der Waals surface area contributed by atoms with Gasteiger partial charge < -0.3 is 5.32 Å². The highest BCUT2D eigenvalue weighted by Gasteiger charge is 2.07. The molecule has 0 saturated heterocycles. The van der Waals surface area contributed by atoms with Gasteiger partial charge in [-0.3, -0.25) is 0 Å². The minimum atomic E-state index is -2.43. The minimum absolute atomic E-state index is 0.0399. The summed E-state index contributed by atoms with van der Waals surface area (Å²) < 4.78 is 37.7. The second-order valence-corrected chi connectivity index (χ2v) is 5.15. The van der Waals surface area contributed by atoms with Gasteiger partial charge >= 0.3 is 0 Å². The number of hydrogen-bond acceptors (Lipinski definition) is 1. The first-order valence-electron chi connectivity index (χ1n) is 6.89. The average molecular weight is 293 g/mol. The second kappa shape index (κ2) is 7.27. The smallest absolute Gasteiger partial charge is 0.263 e. The molecule has 0 bridgehead atoms. The van der Waals surface area contributed by atoms with Gasteiger partial charge in [0.2, 0.25) is 0 Å². The molecule has 0 amide bonds. The third kappa shape index (κ3) is 4.90. The maximum Gasteiger partial charge on any atom is 0.263 e. The molecular formula is C17H18F3N. The fourth-order valence-corrected chi connectivity index (χ4v) is 2.12. The van der Waals surface area contributed by atoms with Crippen molar-refractivity contribution in [2.75, 3.05) is 0 Å². The molecule has 1 N–H and O–H groups in total. The van der Waals surface area contributed by atoms with Crippen LogP contribution in [-0.4, -0.2) is 6.04 Å². The maximum atomic E-state index is 12.8. The van der Waals surface area contributed by atoms with Crippen molar-refractivity contribution in [2.45, 2.75) is 32.4 Å². The van der Waals surface area contributed by atoms with Gasteiger partial charge in [-0.1, -0.05) is 36.4 Å². The molecule has 0 aliphatic heterocycles. The van der Waals surface area contributed by atoms with Gasteiger partial charge in [0, 0.05) is 18.2 Å². The molecular weight excluding hydrogens is 275 g/mol. The largest absolute Gasteiger partial charge is 0.310 e. The summed E-state index contributed by atoms with van der Waals surface area (Å²) in [6.45, 7) is 2.66. The molecule has 112 valence electrons. The maximum absolute atomic E-state index is 12.8. The molecule has 0 aromatic heterocycles. The summed E-state index contributed by atoms with van der Waals surface area (Å²) >= 11 is 0. The first-order chi connectivity index (χ1) is 10.0. The molecule has 4 heteroatoms. The van der Waals surface area contributed by atoms with Gasteiger partial charge in [-0.2, -0.15) is 0 Å². The Kier molecular flexibility index (Phi) is 5.39. The Balaban J connectivity index is 1.83. The van der Waals surface area contributed by atoms with Crippen molar-refractivity contribution in [3.05, 3.63) is 71.0 Å². The molecule has 2 aromatic carbocycles. The molecule has 0 spiro atoms. The van der Waals surface area contributed by atoms with E-state index in [1.807, 2.05) is 6.92 Å². The molecule has 0 aliphatic rings. The van der Waals surface area contributed by atoms with Gasteiger partial charge in [0.15, 0.2) is 0 Å². The van der Waals surface area contributed by atoms with Crippen molar-refractivity contribution in [1.82, 2.24) is 5.32 Å². The molecule has 2 rings (SSSR count). The number of hydrogen-bond donors (Lipinski definition) is 1. The number of nitrogens with one attached hydrogen (secondary N) is 1. The van der Waals surface area contributed by atoms with Gasteiger partial charge in [-0.15, -0.1) is 0 Å². The zero-order chi connectivity index (χ0) is 15.2. The standard InChI is InChI=1S/C17H18F3N/c1-12(10-13-4-8-16(18)9-5-13)21-11-14-2-6-15(7-3-14)17(19)20/h2-9,12,17,21H,10-11H2,1H3. The van der Waals surface area contributed by atoms with Crippen LogP contribution in [0.3, 0.4) is 0 Å². The number of halogens is 3. The van der Waals surface area contributed by atoms with E-state index < -0.39 is 6.43 Å². The van der Waals surface area contributed by atoms with Crippen molar-refractivity contribution in [1.29, 1.82) is 0 Å². The van der Waals surface area contributed by atoms with Crippen molar-refractivity contribution in [3.8, 4) is 0 Å². The van der Waals surface area contributed by atoms with Gasteiger partial charge in [-0.05, 0) is 36.6 Å². The Morgan fingerprint density at radius 1 is 0.905 bits per heavy atom. The normalized spacial score (nSPS) is 12.6. The Hall–Kier alpha value is -1.81. The summed E-state index contributed by atoms with van der Waals surface area (Å²) in [7, 11) is 0. The zero-order valence-electron chi connectivity index (χ0n) is 11.8. The van der Waals surface area contributed by atoms with E-state index in [-0.39, 0.29) is 17.4 Å². The third-order valence-corrected chi connectivity index (χ3v) is 3.34. The SMILES string of the molecule is CC(Cc1ccc(F)cc1)NCc1ccc(C(F)F)cc1. The van der Waals surface area contributed by atoms with E-state index in [2.05, 4.69) is 5.32 Å². The zero-order valence-corrected chi connectivity index (χ0v) is 11.8. The molecule has 0 fully saturated rings. The van der Waals surface area contributed by atoms with Crippen LogP contribution in [0.1, 0.15) is 30.0 Å². The molecule has 1 unspecified atom stereocenters. The summed E-state index contributed by atoms with van der Waals surface area (Å²) in [6.07, 6.45) is -1.64. The first-order valence-corrected chi connectivity index (χ1v) is 6.89. The fourth-order valence-electron chi connectivity index (χ4n) is 2.12. The van der Waals surface area contributed by atoms with Gasteiger partial charge in [0.1, 0.15) is 5.82 Å². The second-order valence-electron chi connectivity index (χ2n) is 5.15. The number of alkyl halides is 2. The average Bonchev–Trinajstić information content (AvgIpc) is 2.48. The van der Waals surface area contributed by atoms with Crippen LogP contribution in [0.5, 0.6) is 0 Å². The van der Waals surface area contributed by atoms with E-state index in [9.17, 15) is 13.2 Å². The molecule has 2 aromatic rings. The van der Waals surface area contributed by atoms with E-state index in [0.717, 1.165) is 17.5 Å². The van der Waals surface area contributed by atoms with Crippen LogP contribution in [0.15, 0.2) is 48.5 Å². The topological polar surface area (TPSA) is 12.0 Å².